The van der Waals surface area contributed by atoms with Crippen LogP contribution < -0.4 is 5.73 Å². The lowest BCUT2D eigenvalue weighted by molar-refractivity contribution is 0.369. The van der Waals surface area contributed by atoms with Crippen LogP contribution in [0.1, 0.15) is 43.1 Å². The van der Waals surface area contributed by atoms with E-state index in [1.807, 2.05) is 18.2 Å². The summed E-state index contributed by atoms with van der Waals surface area (Å²) in [5.74, 6) is 1.43. The quantitative estimate of drug-likeness (QED) is 0.735. The van der Waals surface area contributed by atoms with E-state index in [0.717, 1.165) is 43.8 Å². The Morgan fingerprint density at radius 2 is 2.00 bits per heavy atom. The van der Waals surface area contributed by atoms with Crippen LogP contribution in [0.2, 0.25) is 0 Å². The van der Waals surface area contributed by atoms with Gasteiger partial charge in [-0.2, -0.15) is 4.98 Å². The largest absolute Gasteiger partial charge is 0.339 e. The summed E-state index contributed by atoms with van der Waals surface area (Å²) in [5, 5.41) is 3.98. The summed E-state index contributed by atoms with van der Waals surface area (Å²) in [7, 11) is 0. The molecule has 0 unspecified atom stereocenters. The van der Waals surface area contributed by atoms with Gasteiger partial charge in [0.15, 0.2) is 5.82 Å². The molecule has 5 nitrogen and oxygen atoms in total. The second kappa shape index (κ2) is 7.63. The first-order chi connectivity index (χ1) is 9.38. The number of unbranched alkanes of at least 4 members (excludes halogenated alkanes) is 3. The van der Waals surface area contributed by atoms with Crippen molar-refractivity contribution in [1.29, 1.82) is 0 Å². The summed E-state index contributed by atoms with van der Waals surface area (Å²) in [5.41, 5.74) is 6.41. The van der Waals surface area contributed by atoms with Crippen LogP contribution in [0.3, 0.4) is 0 Å². The van der Waals surface area contributed by atoms with E-state index in [4.69, 9.17) is 10.3 Å². The van der Waals surface area contributed by atoms with Gasteiger partial charge in [-0.25, -0.2) is 0 Å². The fourth-order valence-electron chi connectivity index (χ4n) is 1.90. The average Bonchev–Trinajstić information content (AvgIpc) is 2.87. The molecule has 0 spiro atoms. The maximum absolute atomic E-state index is 5.45. The Labute approximate surface area is 113 Å². The van der Waals surface area contributed by atoms with E-state index in [9.17, 15) is 0 Å². The third kappa shape index (κ3) is 4.79. The van der Waals surface area contributed by atoms with Gasteiger partial charge < -0.3 is 10.3 Å². The average molecular weight is 260 g/mol. The maximum atomic E-state index is 5.45. The molecule has 5 heteroatoms. The van der Waals surface area contributed by atoms with Gasteiger partial charge in [-0.1, -0.05) is 24.1 Å². The van der Waals surface area contributed by atoms with Crippen molar-refractivity contribution >= 4 is 0 Å². The molecule has 0 saturated heterocycles. The van der Waals surface area contributed by atoms with Crippen molar-refractivity contribution in [3.8, 4) is 0 Å². The topological polar surface area (TPSA) is 77.8 Å². The molecule has 2 aromatic heterocycles. The van der Waals surface area contributed by atoms with Gasteiger partial charge >= 0.3 is 0 Å². The number of nitrogens with two attached hydrogens (primary N) is 1. The van der Waals surface area contributed by atoms with Crippen molar-refractivity contribution in [2.24, 2.45) is 5.73 Å². The van der Waals surface area contributed by atoms with Crippen molar-refractivity contribution in [3.63, 3.8) is 0 Å². The Morgan fingerprint density at radius 3 is 2.79 bits per heavy atom. The monoisotopic (exact) mass is 260 g/mol. The summed E-state index contributed by atoms with van der Waals surface area (Å²) in [6.07, 6.45) is 7.74. The van der Waals surface area contributed by atoms with Gasteiger partial charge in [-0.15, -0.1) is 0 Å². The predicted octanol–water partition coefficient (Wildman–Crippen LogP) is 2.12. The summed E-state index contributed by atoms with van der Waals surface area (Å²) in [6.45, 7) is 0.773. The number of aromatic nitrogens is 3. The highest BCUT2D eigenvalue weighted by atomic mass is 16.5. The van der Waals surface area contributed by atoms with Crippen LogP contribution in [-0.2, 0) is 12.8 Å². The lowest BCUT2D eigenvalue weighted by Gasteiger charge is -1.96. The Hall–Kier alpha value is -1.75. The van der Waals surface area contributed by atoms with Crippen LogP contribution in [0.4, 0.5) is 0 Å². The van der Waals surface area contributed by atoms with Crippen LogP contribution >= 0.6 is 0 Å². The van der Waals surface area contributed by atoms with Gasteiger partial charge in [0.1, 0.15) is 0 Å². The van der Waals surface area contributed by atoms with Gasteiger partial charge in [-0.3, -0.25) is 4.98 Å². The molecule has 0 radical (unpaired) electrons. The smallest absolute Gasteiger partial charge is 0.226 e. The molecule has 0 aliphatic rings. The van der Waals surface area contributed by atoms with E-state index in [2.05, 4.69) is 15.1 Å². The lowest BCUT2D eigenvalue weighted by Crippen LogP contribution is -1.98. The van der Waals surface area contributed by atoms with Crippen molar-refractivity contribution in [1.82, 2.24) is 15.1 Å². The van der Waals surface area contributed by atoms with Crippen LogP contribution in [-0.4, -0.2) is 21.7 Å². The van der Waals surface area contributed by atoms with Gasteiger partial charge in [0.2, 0.25) is 5.89 Å². The summed E-state index contributed by atoms with van der Waals surface area (Å²) in [6, 6.07) is 5.82. The number of hydrogen-bond donors (Lipinski definition) is 1. The van der Waals surface area contributed by atoms with Gasteiger partial charge in [0, 0.05) is 18.3 Å². The molecule has 19 heavy (non-hydrogen) atoms. The van der Waals surface area contributed by atoms with Crippen LogP contribution in [0.15, 0.2) is 28.9 Å². The first-order valence-corrected chi connectivity index (χ1v) is 6.80. The molecule has 0 amide bonds. The van der Waals surface area contributed by atoms with E-state index in [1.54, 1.807) is 6.20 Å². The highest BCUT2D eigenvalue weighted by Crippen LogP contribution is 2.08. The molecule has 0 bridgehead atoms. The molecular weight excluding hydrogens is 240 g/mol. The molecule has 0 fully saturated rings. The molecule has 2 rings (SSSR count). The normalized spacial score (nSPS) is 10.8. The maximum Gasteiger partial charge on any atom is 0.226 e. The van der Waals surface area contributed by atoms with E-state index >= 15 is 0 Å². The lowest BCUT2D eigenvalue weighted by atomic mass is 10.1. The van der Waals surface area contributed by atoms with E-state index in [-0.39, 0.29) is 0 Å². The van der Waals surface area contributed by atoms with Gasteiger partial charge in [-0.05, 0) is 31.5 Å². The first-order valence-electron chi connectivity index (χ1n) is 6.80. The minimum Gasteiger partial charge on any atom is -0.339 e. The zero-order valence-electron chi connectivity index (χ0n) is 11.1. The molecule has 0 aromatic carbocycles. The van der Waals surface area contributed by atoms with Gasteiger partial charge in [0.05, 0.1) is 6.42 Å². The fourth-order valence-corrected chi connectivity index (χ4v) is 1.90. The zero-order chi connectivity index (χ0) is 13.3. The van der Waals surface area contributed by atoms with Crippen molar-refractivity contribution in [2.75, 3.05) is 6.54 Å². The third-order valence-corrected chi connectivity index (χ3v) is 2.92. The second-order valence-electron chi connectivity index (χ2n) is 4.56. The van der Waals surface area contributed by atoms with Crippen LogP contribution in [0, 0.1) is 0 Å². The molecule has 0 aliphatic heterocycles. The van der Waals surface area contributed by atoms with Crippen LogP contribution in [0.25, 0.3) is 0 Å². The second-order valence-corrected chi connectivity index (χ2v) is 4.56. The van der Waals surface area contributed by atoms with E-state index in [0.29, 0.717) is 12.2 Å². The van der Waals surface area contributed by atoms with E-state index < -0.39 is 0 Å². The minimum atomic E-state index is 0.623. The number of rotatable bonds is 8. The number of nitrogens with zero attached hydrogens (tertiary/aromatic N) is 3. The molecule has 102 valence electrons. The van der Waals surface area contributed by atoms with Crippen molar-refractivity contribution < 1.29 is 4.52 Å². The third-order valence-electron chi connectivity index (χ3n) is 2.92. The minimum absolute atomic E-state index is 0.623. The number of hydrogen-bond acceptors (Lipinski definition) is 5. The summed E-state index contributed by atoms with van der Waals surface area (Å²) in [4.78, 5) is 8.63. The summed E-state index contributed by atoms with van der Waals surface area (Å²) < 4.78 is 5.23. The van der Waals surface area contributed by atoms with Crippen molar-refractivity contribution in [3.05, 3.63) is 41.8 Å². The molecule has 0 saturated carbocycles. The zero-order valence-corrected chi connectivity index (χ0v) is 11.1. The van der Waals surface area contributed by atoms with E-state index in [1.165, 1.54) is 6.42 Å². The Kier molecular flexibility index (Phi) is 5.49. The Bertz CT molecular complexity index is 469. The predicted molar refractivity (Wildman–Crippen MR) is 72.6 cm³/mol. The molecule has 2 aromatic rings. The highest BCUT2D eigenvalue weighted by molar-refractivity contribution is 5.09. The van der Waals surface area contributed by atoms with Crippen LogP contribution in [0.5, 0.6) is 0 Å². The summed E-state index contributed by atoms with van der Waals surface area (Å²) >= 11 is 0. The SMILES string of the molecule is NCCCCCCc1nc(Cc2ccccn2)no1. The number of pyridine rings is 1. The first kappa shape index (κ1) is 13.7. The standard InChI is InChI=1S/C14H20N4O/c15-9-5-2-1-3-8-14-17-13(18-19-14)11-12-7-4-6-10-16-12/h4,6-7,10H,1-3,5,8-9,11,15H2. The highest BCUT2D eigenvalue weighted by Gasteiger charge is 2.07. The molecule has 2 heterocycles. The van der Waals surface area contributed by atoms with Crippen molar-refractivity contribution in [2.45, 2.75) is 38.5 Å². The fraction of sp³-hybridized carbons (Fsp3) is 0.500. The molecule has 0 aliphatic carbocycles. The Morgan fingerprint density at radius 1 is 1.11 bits per heavy atom. The number of aryl methyl sites for hydroxylation is 1. The molecular formula is C14H20N4O. The molecule has 0 atom stereocenters. The Balaban J connectivity index is 1.76. The molecule has 2 N–H and O–H groups in total. The van der Waals surface area contributed by atoms with Gasteiger partial charge in [0.25, 0.3) is 0 Å².